The van der Waals surface area contributed by atoms with Crippen LogP contribution in [0.15, 0.2) is 29.8 Å². The first-order valence-corrected chi connectivity index (χ1v) is 7.10. The van der Waals surface area contributed by atoms with Gasteiger partial charge in [0.2, 0.25) is 0 Å². The van der Waals surface area contributed by atoms with Gasteiger partial charge in [-0.05, 0) is 61.9 Å². The van der Waals surface area contributed by atoms with E-state index >= 15 is 0 Å². The molecule has 3 rings (SSSR count). The fraction of sp³-hybridized carbons (Fsp3) is 0.471. The molecule has 1 N–H and O–H groups in total. The molecule has 0 bridgehead atoms. The fourth-order valence-corrected chi connectivity index (χ4v) is 3.92. The predicted octanol–water partition coefficient (Wildman–Crippen LogP) is 3.74. The maximum Gasteiger partial charge on any atom is 0.162 e. The molecular formula is C17H20O2. The molecule has 2 atom stereocenters. The maximum absolute atomic E-state index is 12.5. The van der Waals surface area contributed by atoms with Gasteiger partial charge in [-0.1, -0.05) is 18.6 Å². The Kier molecular flexibility index (Phi) is 2.77. The third kappa shape index (κ3) is 1.73. The number of phenolic OH excluding ortho intramolecular Hbond substituents is 1. The molecule has 0 aromatic heterocycles. The van der Waals surface area contributed by atoms with Gasteiger partial charge in [0.15, 0.2) is 5.78 Å². The fourth-order valence-electron chi connectivity index (χ4n) is 3.92. The summed E-state index contributed by atoms with van der Waals surface area (Å²) in [4.78, 5) is 12.5. The number of carbonyl (C=O) groups excluding carboxylic acids is 1. The summed E-state index contributed by atoms with van der Waals surface area (Å²) in [5.74, 6) is 0.930. The van der Waals surface area contributed by atoms with Gasteiger partial charge in [-0.2, -0.15) is 0 Å². The molecule has 1 aromatic carbocycles. The lowest BCUT2D eigenvalue weighted by Gasteiger charge is -2.45. The van der Waals surface area contributed by atoms with E-state index in [0.29, 0.717) is 17.5 Å². The Bertz CT molecular complexity index is 571. The molecule has 19 heavy (non-hydrogen) atoms. The zero-order valence-corrected chi connectivity index (χ0v) is 11.6. The van der Waals surface area contributed by atoms with Crippen molar-refractivity contribution in [3.05, 3.63) is 41.0 Å². The van der Waals surface area contributed by atoms with E-state index in [1.807, 2.05) is 25.1 Å². The van der Waals surface area contributed by atoms with Crippen molar-refractivity contribution in [2.45, 2.75) is 45.4 Å². The van der Waals surface area contributed by atoms with Gasteiger partial charge >= 0.3 is 0 Å². The molecule has 0 heterocycles. The first kappa shape index (κ1) is 12.5. The van der Waals surface area contributed by atoms with Gasteiger partial charge in [0.05, 0.1) is 0 Å². The van der Waals surface area contributed by atoms with Crippen molar-refractivity contribution >= 4 is 5.78 Å². The molecule has 0 radical (unpaired) electrons. The lowest BCUT2D eigenvalue weighted by molar-refractivity contribution is -0.127. The second-order valence-electron chi connectivity index (χ2n) is 6.00. The molecule has 1 aromatic rings. The van der Waals surface area contributed by atoms with Crippen molar-refractivity contribution in [3.63, 3.8) is 0 Å². The topological polar surface area (TPSA) is 37.3 Å². The van der Waals surface area contributed by atoms with E-state index in [1.165, 1.54) is 16.7 Å². The minimum absolute atomic E-state index is 0.205. The zero-order valence-electron chi connectivity index (χ0n) is 11.6. The van der Waals surface area contributed by atoms with Crippen LogP contribution in [0.1, 0.15) is 50.2 Å². The smallest absolute Gasteiger partial charge is 0.162 e. The third-order valence-corrected chi connectivity index (χ3v) is 5.03. The summed E-state index contributed by atoms with van der Waals surface area (Å²) in [6.07, 6.45) is 5.53. The number of ketones is 1. The lowest BCUT2D eigenvalue weighted by atomic mass is 9.56. The lowest BCUT2D eigenvalue weighted by Crippen LogP contribution is -2.42. The van der Waals surface area contributed by atoms with E-state index < -0.39 is 0 Å². The SMILES string of the molecule is CC[C@@]12CCc3cc(O)ccc3C1CC(C)=CC2=O. The predicted molar refractivity (Wildman–Crippen MR) is 75.3 cm³/mol. The van der Waals surface area contributed by atoms with Crippen LogP contribution >= 0.6 is 0 Å². The molecular weight excluding hydrogens is 236 g/mol. The number of allylic oxidation sites excluding steroid dienone is 2. The summed E-state index contributed by atoms with van der Waals surface area (Å²) in [5.41, 5.74) is 3.46. The Balaban J connectivity index is 2.15. The molecule has 0 amide bonds. The van der Waals surface area contributed by atoms with Crippen molar-refractivity contribution in [2.24, 2.45) is 5.41 Å². The number of phenols is 1. The van der Waals surface area contributed by atoms with Gasteiger partial charge in [-0.3, -0.25) is 4.79 Å². The number of aryl methyl sites for hydroxylation is 1. The second kappa shape index (κ2) is 4.22. The Hall–Kier alpha value is -1.57. The molecule has 1 unspecified atom stereocenters. The normalized spacial score (nSPS) is 29.5. The maximum atomic E-state index is 12.5. The minimum atomic E-state index is -0.205. The summed E-state index contributed by atoms with van der Waals surface area (Å²) < 4.78 is 0. The van der Waals surface area contributed by atoms with Crippen LogP contribution < -0.4 is 0 Å². The van der Waals surface area contributed by atoms with Crippen molar-refractivity contribution in [1.82, 2.24) is 0 Å². The van der Waals surface area contributed by atoms with Gasteiger partial charge in [0.1, 0.15) is 5.75 Å². The summed E-state index contributed by atoms with van der Waals surface area (Å²) in [5, 5.41) is 9.63. The first-order valence-electron chi connectivity index (χ1n) is 7.10. The number of rotatable bonds is 1. The van der Waals surface area contributed by atoms with Crippen LogP contribution in [0.5, 0.6) is 5.75 Å². The highest BCUT2D eigenvalue weighted by Gasteiger charge is 2.48. The van der Waals surface area contributed by atoms with E-state index in [4.69, 9.17) is 0 Å². The van der Waals surface area contributed by atoms with Gasteiger partial charge in [-0.15, -0.1) is 0 Å². The van der Waals surface area contributed by atoms with Crippen LogP contribution in [-0.4, -0.2) is 10.9 Å². The summed E-state index contributed by atoms with van der Waals surface area (Å²) in [7, 11) is 0. The molecule has 100 valence electrons. The van der Waals surface area contributed by atoms with Crippen LogP contribution in [-0.2, 0) is 11.2 Å². The van der Waals surface area contributed by atoms with Crippen molar-refractivity contribution in [2.75, 3.05) is 0 Å². The van der Waals surface area contributed by atoms with Gasteiger partial charge in [0, 0.05) is 11.3 Å². The van der Waals surface area contributed by atoms with Crippen molar-refractivity contribution in [1.29, 1.82) is 0 Å². The van der Waals surface area contributed by atoms with Crippen LogP contribution in [0, 0.1) is 5.41 Å². The van der Waals surface area contributed by atoms with Crippen LogP contribution in [0.4, 0.5) is 0 Å². The monoisotopic (exact) mass is 256 g/mol. The van der Waals surface area contributed by atoms with Crippen LogP contribution in [0.2, 0.25) is 0 Å². The molecule has 0 aliphatic heterocycles. The van der Waals surface area contributed by atoms with Crippen LogP contribution in [0.25, 0.3) is 0 Å². The molecule has 0 fully saturated rings. The molecule has 0 saturated carbocycles. The van der Waals surface area contributed by atoms with Crippen molar-refractivity contribution < 1.29 is 9.90 Å². The standard InChI is InChI=1S/C17H20O2/c1-3-17-7-6-12-10-13(18)4-5-14(12)15(17)8-11(2)9-16(17)19/h4-5,9-10,15,18H,3,6-8H2,1-2H3/t15?,17-/m1/s1. The molecule has 2 heteroatoms. The first-order chi connectivity index (χ1) is 9.06. The second-order valence-corrected chi connectivity index (χ2v) is 6.00. The minimum Gasteiger partial charge on any atom is -0.508 e. The summed E-state index contributed by atoms with van der Waals surface area (Å²) >= 11 is 0. The number of benzene rings is 1. The molecule has 0 spiro atoms. The van der Waals surface area contributed by atoms with Gasteiger partial charge in [-0.25, -0.2) is 0 Å². The summed E-state index contributed by atoms with van der Waals surface area (Å²) in [6, 6.07) is 5.64. The van der Waals surface area contributed by atoms with Gasteiger partial charge < -0.3 is 5.11 Å². The number of fused-ring (bicyclic) bond motifs is 3. The van der Waals surface area contributed by atoms with E-state index in [1.54, 1.807) is 6.07 Å². The highest BCUT2D eigenvalue weighted by atomic mass is 16.3. The Labute approximate surface area is 114 Å². The molecule has 0 saturated heterocycles. The Morgan fingerprint density at radius 2 is 2.21 bits per heavy atom. The largest absolute Gasteiger partial charge is 0.508 e. The number of carbonyl (C=O) groups is 1. The summed E-state index contributed by atoms with van der Waals surface area (Å²) in [6.45, 7) is 4.18. The Morgan fingerprint density at radius 3 is 2.95 bits per heavy atom. The average Bonchev–Trinajstić information content (AvgIpc) is 2.38. The highest BCUT2D eigenvalue weighted by molar-refractivity contribution is 5.97. The van der Waals surface area contributed by atoms with Crippen molar-refractivity contribution in [3.8, 4) is 5.75 Å². The molecule has 2 nitrogen and oxygen atoms in total. The van der Waals surface area contributed by atoms with E-state index in [2.05, 4.69) is 6.92 Å². The average molecular weight is 256 g/mol. The molecule has 2 aliphatic rings. The Morgan fingerprint density at radius 1 is 1.42 bits per heavy atom. The third-order valence-electron chi connectivity index (χ3n) is 5.03. The van der Waals surface area contributed by atoms with Crippen LogP contribution in [0.3, 0.4) is 0 Å². The number of hydrogen-bond acceptors (Lipinski definition) is 2. The highest BCUT2D eigenvalue weighted by Crippen LogP contribution is 2.53. The molecule has 2 aliphatic carbocycles. The number of hydrogen-bond donors (Lipinski definition) is 1. The van der Waals surface area contributed by atoms with E-state index in [-0.39, 0.29) is 5.41 Å². The zero-order chi connectivity index (χ0) is 13.6. The quantitative estimate of drug-likeness (QED) is 0.831. The van der Waals surface area contributed by atoms with Gasteiger partial charge in [0.25, 0.3) is 0 Å². The van der Waals surface area contributed by atoms with E-state index in [0.717, 1.165) is 25.7 Å². The van der Waals surface area contributed by atoms with E-state index in [9.17, 15) is 9.90 Å². The number of aromatic hydroxyl groups is 1.